The van der Waals surface area contributed by atoms with Gasteiger partial charge in [0.1, 0.15) is 18.1 Å². The van der Waals surface area contributed by atoms with E-state index in [2.05, 4.69) is 10.3 Å². The van der Waals surface area contributed by atoms with Gasteiger partial charge in [-0.15, -0.1) is 5.10 Å². The number of carbonyl (C=O) groups excluding carboxylic acids is 2. The van der Waals surface area contributed by atoms with Crippen LogP contribution in [0.2, 0.25) is 0 Å². The van der Waals surface area contributed by atoms with Crippen molar-refractivity contribution in [2.24, 2.45) is 0 Å². The third kappa shape index (κ3) is 3.13. The van der Waals surface area contributed by atoms with Gasteiger partial charge in [0.2, 0.25) is 5.91 Å². The van der Waals surface area contributed by atoms with Crippen molar-refractivity contribution in [2.45, 2.75) is 25.6 Å². The van der Waals surface area contributed by atoms with Crippen LogP contribution in [0.5, 0.6) is 0 Å². The van der Waals surface area contributed by atoms with Crippen LogP contribution in [0.3, 0.4) is 0 Å². The van der Waals surface area contributed by atoms with Crippen molar-refractivity contribution in [2.75, 3.05) is 7.11 Å². The molecule has 0 saturated heterocycles. The predicted octanol–water partition coefficient (Wildman–Crippen LogP) is 0.918. The van der Waals surface area contributed by atoms with Gasteiger partial charge in [-0.25, -0.2) is 9.48 Å². The molecule has 0 bridgehead atoms. The molecule has 0 aliphatic carbocycles. The van der Waals surface area contributed by atoms with Crippen molar-refractivity contribution in [1.82, 2.24) is 19.9 Å². The Morgan fingerprint density at radius 2 is 1.82 bits per heavy atom. The average molecular weight is 378 g/mol. The number of ether oxygens (including phenoxy) is 1. The fourth-order valence-corrected chi connectivity index (χ4v) is 3.48. The molecule has 8 nitrogen and oxygen atoms in total. The molecule has 142 valence electrons. The van der Waals surface area contributed by atoms with Crippen LogP contribution in [0.1, 0.15) is 11.1 Å². The highest BCUT2D eigenvalue weighted by Crippen LogP contribution is 2.24. The molecule has 3 aromatic rings. The zero-order chi connectivity index (χ0) is 19.7. The summed E-state index contributed by atoms with van der Waals surface area (Å²) in [5, 5.41) is 8.25. The second-order valence-electron chi connectivity index (χ2n) is 6.60. The van der Waals surface area contributed by atoms with E-state index in [9.17, 15) is 14.4 Å². The van der Waals surface area contributed by atoms with Crippen LogP contribution in [0.4, 0.5) is 0 Å². The standard InChI is InChI=1S/C20H18N4O4/c1-28-20(27)17-10-13-6-2-3-7-14(13)11-23(17)18(25)12-24-19(26)15-8-4-5-9-16(15)21-22-24/h2-9,17H,10-12H2,1H3/t17-/m0/s1. The predicted molar refractivity (Wildman–Crippen MR) is 100 cm³/mol. The summed E-state index contributed by atoms with van der Waals surface area (Å²) in [6.07, 6.45) is 0.368. The number of aromatic nitrogens is 3. The van der Waals surface area contributed by atoms with Gasteiger partial charge in [0.25, 0.3) is 5.56 Å². The lowest BCUT2D eigenvalue weighted by Gasteiger charge is -2.35. The molecule has 0 N–H and O–H groups in total. The van der Waals surface area contributed by atoms with Gasteiger partial charge in [0, 0.05) is 13.0 Å². The molecular weight excluding hydrogens is 360 g/mol. The molecule has 1 aliphatic heterocycles. The van der Waals surface area contributed by atoms with Gasteiger partial charge >= 0.3 is 5.97 Å². The van der Waals surface area contributed by atoms with Crippen LogP contribution in [-0.2, 0) is 33.8 Å². The number of amides is 1. The summed E-state index contributed by atoms with van der Waals surface area (Å²) >= 11 is 0. The van der Waals surface area contributed by atoms with Gasteiger partial charge in [0.15, 0.2) is 0 Å². The Bertz CT molecular complexity index is 1120. The van der Waals surface area contributed by atoms with E-state index in [1.165, 1.54) is 12.0 Å². The molecular formula is C20H18N4O4. The van der Waals surface area contributed by atoms with Crippen LogP contribution in [0.15, 0.2) is 53.3 Å². The van der Waals surface area contributed by atoms with Crippen molar-refractivity contribution >= 4 is 22.8 Å². The number of benzene rings is 2. The van der Waals surface area contributed by atoms with Gasteiger partial charge in [-0.2, -0.15) is 0 Å². The third-order valence-electron chi connectivity index (χ3n) is 4.96. The average Bonchev–Trinajstić information content (AvgIpc) is 2.74. The molecule has 4 rings (SSSR count). The number of nitrogens with zero attached hydrogens (tertiary/aromatic N) is 4. The van der Waals surface area contributed by atoms with Gasteiger partial charge < -0.3 is 9.64 Å². The van der Waals surface area contributed by atoms with Crippen molar-refractivity contribution in [3.05, 3.63) is 70.0 Å². The van der Waals surface area contributed by atoms with Gasteiger partial charge in [-0.1, -0.05) is 41.6 Å². The lowest BCUT2D eigenvalue weighted by atomic mass is 9.94. The van der Waals surface area contributed by atoms with E-state index in [0.717, 1.165) is 15.8 Å². The van der Waals surface area contributed by atoms with Crippen LogP contribution >= 0.6 is 0 Å². The number of methoxy groups -OCH3 is 1. The number of rotatable bonds is 3. The third-order valence-corrected chi connectivity index (χ3v) is 4.96. The molecule has 0 spiro atoms. The topological polar surface area (TPSA) is 94.4 Å². The Hall–Kier alpha value is -3.55. The van der Waals surface area contributed by atoms with Crippen molar-refractivity contribution in [1.29, 1.82) is 0 Å². The second kappa shape index (κ2) is 7.22. The largest absolute Gasteiger partial charge is 0.467 e. The normalized spacial score (nSPS) is 15.9. The number of hydrogen-bond donors (Lipinski definition) is 0. The molecule has 2 heterocycles. The fraction of sp³-hybridized carbons (Fsp3) is 0.250. The molecule has 1 aliphatic rings. The smallest absolute Gasteiger partial charge is 0.328 e. The Kier molecular flexibility index (Phi) is 4.60. The van der Waals surface area contributed by atoms with Crippen LogP contribution < -0.4 is 5.56 Å². The molecule has 1 aromatic heterocycles. The summed E-state index contributed by atoms with van der Waals surface area (Å²) in [5.41, 5.74) is 2.04. The molecule has 0 radical (unpaired) electrons. The van der Waals surface area contributed by atoms with Crippen LogP contribution in [-0.4, -0.2) is 44.9 Å². The Morgan fingerprint density at radius 3 is 2.61 bits per heavy atom. The molecule has 8 heteroatoms. The molecule has 1 amide bonds. The molecule has 2 aromatic carbocycles. The second-order valence-corrected chi connectivity index (χ2v) is 6.60. The first kappa shape index (κ1) is 17.8. The summed E-state index contributed by atoms with van der Waals surface area (Å²) in [5.74, 6) is -0.878. The molecule has 0 fully saturated rings. The first-order chi connectivity index (χ1) is 13.6. The molecule has 0 saturated carbocycles. The molecule has 28 heavy (non-hydrogen) atoms. The quantitative estimate of drug-likeness (QED) is 0.629. The molecule has 1 atom stereocenters. The van der Waals surface area contributed by atoms with E-state index in [-0.39, 0.29) is 13.1 Å². The summed E-state index contributed by atoms with van der Waals surface area (Å²) in [7, 11) is 1.30. The van der Waals surface area contributed by atoms with Crippen LogP contribution in [0, 0.1) is 0 Å². The van der Waals surface area contributed by atoms with Crippen molar-refractivity contribution in [3.8, 4) is 0 Å². The van der Waals surface area contributed by atoms with Gasteiger partial charge in [-0.3, -0.25) is 9.59 Å². The first-order valence-corrected chi connectivity index (χ1v) is 8.85. The van der Waals surface area contributed by atoms with Crippen molar-refractivity contribution < 1.29 is 14.3 Å². The molecule has 0 unspecified atom stereocenters. The highest BCUT2D eigenvalue weighted by atomic mass is 16.5. The first-order valence-electron chi connectivity index (χ1n) is 8.85. The fourth-order valence-electron chi connectivity index (χ4n) is 3.48. The van der Waals surface area contributed by atoms with Gasteiger partial charge in [-0.05, 0) is 23.3 Å². The summed E-state index contributed by atoms with van der Waals surface area (Å²) in [6, 6.07) is 13.7. The maximum Gasteiger partial charge on any atom is 0.328 e. The van der Waals surface area contributed by atoms with Gasteiger partial charge in [0.05, 0.1) is 12.5 Å². The lowest BCUT2D eigenvalue weighted by molar-refractivity contribution is -0.154. The van der Waals surface area contributed by atoms with E-state index in [0.29, 0.717) is 17.3 Å². The van der Waals surface area contributed by atoms with E-state index in [1.54, 1.807) is 24.3 Å². The Balaban J connectivity index is 1.65. The van der Waals surface area contributed by atoms with E-state index >= 15 is 0 Å². The van der Waals surface area contributed by atoms with Crippen LogP contribution in [0.25, 0.3) is 10.9 Å². The maximum absolute atomic E-state index is 13.0. The zero-order valence-corrected chi connectivity index (χ0v) is 15.2. The number of fused-ring (bicyclic) bond motifs is 2. The minimum absolute atomic E-state index is 0.268. The summed E-state index contributed by atoms with van der Waals surface area (Å²) in [6.45, 7) is -0.0309. The lowest BCUT2D eigenvalue weighted by Crippen LogP contribution is -2.50. The minimum Gasteiger partial charge on any atom is -0.467 e. The summed E-state index contributed by atoms with van der Waals surface area (Å²) < 4.78 is 5.91. The monoisotopic (exact) mass is 378 g/mol. The number of esters is 1. The van der Waals surface area contributed by atoms with E-state index in [1.807, 2.05) is 24.3 Å². The number of hydrogen-bond acceptors (Lipinski definition) is 6. The number of carbonyl (C=O) groups is 2. The maximum atomic E-state index is 13.0. The Morgan fingerprint density at radius 1 is 1.11 bits per heavy atom. The van der Waals surface area contributed by atoms with E-state index < -0.39 is 23.5 Å². The zero-order valence-electron chi connectivity index (χ0n) is 15.2. The highest BCUT2D eigenvalue weighted by Gasteiger charge is 2.35. The van der Waals surface area contributed by atoms with E-state index in [4.69, 9.17) is 4.74 Å². The minimum atomic E-state index is -0.739. The summed E-state index contributed by atoms with van der Waals surface area (Å²) in [4.78, 5) is 39.3. The van der Waals surface area contributed by atoms with Crippen molar-refractivity contribution in [3.63, 3.8) is 0 Å². The SMILES string of the molecule is COC(=O)[C@@H]1Cc2ccccc2CN1C(=O)Cn1nnc2ccccc2c1=O. The Labute approximate surface area is 160 Å². The highest BCUT2D eigenvalue weighted by molar-refractivity contribution is 5.85.